The average Bonchev–Trinajstić information content (AvgIpc) is 3.09. The van der Waals surface area contributed by atoms with Crippen LogP contribution in [0.4, 0.5) is 8.78 Å². The van der Waals surface area contributed by atoms with Crippen LogP contribution in [-0.4, -0.2) is 67.4 Å². The summed E-state index contributed by atoms with van der Waals surface area (Å²) in [7, 11) is -3.82. The summed E-state index contributed by atoms with van der Waals surface area (Å²) in [6.45, 7) is 0.902. The van der Waals surface area contributed by atoms with Crippen molar-refractivity contribution in [2.45, 2.75) is 29.8 Å². The van der Waals surface area contributed by atoms with E-state index in [2.05, 4.69) is 5.10 Å². The van der Waals surface area contributed by atoms with E-state index in [9.17, 15) is 17.2 Å². The van der Waals surface area contributed by atoms with Crippen LogP contribution in [0.2, 0.25) is 0 Å². The number of nitrogens with zero attached hydrogens (tertiary/aromatic N) is 3. The van der Waals surface area contributed by atoms with Crippen molar-refractivity contribution >= 4 is 10.0 Å². The Balaban J connectivity index is 1.89. The third kappa shape index (κ3) is 2.75. The average molecular weight is 337 g/mol. The molecule has 2 saturated heterocycles. The van der Waals surface area contributed by atoms with Crippen molar-refractivity contribution in [1.82, 2.24) is 14.1 Å². The fourth-order valence-electron chi connectivity index (χ4n) is 2.85. The molecule has 1 aromatic heterocycles. The number of rotatable bonds is 4. The number of hydrogen-bond acceptors (Lipinski definition) is 5. The molecule has 0 bridgehead atoms. The molecule has 0 radical (unpaired) electrons. The van der Waals surface area contributed by atoms with Crippen molar-refractivity contribution in [3.05, 3.63) is 12.4 Å². The quantitative estimate of drug-likeness (QED) is 0.792. The van der Waals surface area contributed by atoms with E-state index >= 15 is 0 Å². The second kappa shape index (κ2) is 5.84. The van der Waals surface area contributed by atoms with E-state index in [0.29, 0.717) is 19.6 Å². The molecule has 7 nitrogen and oxygen atoms in total. The molecule has 0 aromatic carbocycles. The highest BCUT2D eigenvalue weighted by molar-refractivity contribution is 7.89. The largest absolute Gasteiger partial charge is 0.379 e. The van der Waals surface area contributed by atoms with Gasteiger partial charge in [-0.15, -0.1) is 0 Å². The monoisotopic (exact) mass is 337 g/mol. The first-order valence-corrected chi connectivity index (χ1v) is 8.37. The number of alkyl halides is 2. The van der Waals surface area contributed by atoms with E-state index in [-0.39, 0.29) is 24.7 Å². The molecule has 2 aliphatic heterocycles. The Labute approximate surface area is 126 Å². The van der Waals surface area contributed by atoms with E-state index in [1.54, 1.807) is 0 Å². The SMILES string of the molecule is O=S(=O)(c1cnn(CC(F)F)c1)N1CCOCC12CCOC2. The molecule has 10 heteroatoms. The minimum atomic E-state index is -3.82. The molecule has 0 aliphatic carbocycles. The van der Waals surface area contributed by atoms with Crippen LogP contribution in [-0.2, 0) is 26.0 Å². The summed E-state index contributed by atoms with van der Waals surface area (Å²) in [5.74, 6) is 0. The molecule has 0 amide bonds. The van der Waals surface area contributed by atoms with Crippen molar-refractivity contribution in [2.24, 2.45) is 0 Å². The van der Waals surface area contributed by atoms with Crippen molar-refractivity contribution in [2.75, 3.05) is 33.0 Å². The standard InChI is InChI=1S/C12H17F2N3O4S/c13-11(14)7-16-6-10(5-15-16)22(18,19)17-2-4-21-9-12(17)1-3-20-8-12/h5-6,11H,1-4,7-9H2. The third-order valence-electron chi connectivity index (χ3n) is 3.94. The first-order chi connectivity index (χ1) is 10.4. The fourth-order valence-corrected chi connectivity index (χ4v) is 4.56. The van der Waals surface area contributed by atoms with Crippen LogP contribution in [0.5, 0.6) is 0 Å². The molecule has 3 rings (SSSR count). The minimum absolute atomic E-state index is 0.0821. The number of hydrogen-bond donors (Lipinski definition) is 0. The van der Waals surface area contributed by atoms with Crippen molar-refractivity contribution in [1.29, 1.82) is 0 Å². The molecule has 1 spiro atoms. The van der Waals surface area contributed by atoms with E-state index < -0.39 is 28.5 Å². The van der Waals surface area contributed by atoms with Gasteiger partial charge in [0.05, 0.1) is 31.6 Å². The first kappa shape index (κ1) is 15.8. The van der Waals surface area contributed by atoms with Crippen molar-refractivity contribution in [3.63, 3.8) is 0 Å². The summed E-state index contributed by atoms with van der Waals surface area (Å²) in [6, 6.07) is 0. The van der Waals surface area contributed by atoms with Gasteiger partial charge in [-0.3, -0.25) is 4.68 Å². The van der Waals surface area contributed by atoms with Gasteiger partial charge in [0.15, 0.2) is 0 Å². The summed E-state index contributed by atoms with van der Waals surface area (Å²) in [5, 5.41) is 3.70. The van der Waals surface area contributed by atoms with Crippen molar-refractivity contribution in [3.8, 4) is 0 Å². The van der Waals surface area contributed by atoms with Gasteiger partial charge in [-0.1, -0.05) is 0 Å². The van der Waals surface area contributed by atoms with Crippen LogP contribution in [0.25, 0.3) is 0 Å². The number of halogens is 2. The minimum Gasteiger partial charge on any atom is -0.379 e. The van der Waals surface area contributed by atoms with Gasteiger partial charge in [-0.25, -0.2) is 17.2 Å². The van der Waals surface area contributed by atoms with Crippen LogP contribution in [0.1, 0.15) is 6.42 Å². The molecular formula is C12H17F2N3O4S. The predicted molar refractivity (Wildman–Crippen MR) is 71.1 cm³/mol. The fraction of sp³-hybridized carbons (Fsp3) is 0.750. The molecule has 3 heterocycles. The Kier molecular flexibility index (Phi) is 4.19. The van der Waals surface area contributed by atoms with Crippen LogP contribution < -0.4 is 0 Å². The van der Waals surface area contributed by atoms with Gasteiger partial charge in [0, 0.05) is 19.3 Å². The zero-order valence-corrected chi connectivity index (χ0v) is 12.6. The van der Waals surface area contributed by atoms with Gasteiger partial charge >= 0.3 is 0 Å². The van der Waals surface area contributed by atoms with E-state index in [1.165, 1.54) is 4.31 Å². The highest BCUT2D eigenvalue weighted by atomic mass is 32.2. The lowest BCUT2D eigenvalue weighted by Gasteiger charge is -2.41. The van der Waals surface area contributed by atoms with E-state index in [1.807, 2.05) is 0 Å². The number of ether oxygens (including phenoxy) is 2. The summed E-state index contributed by atoms with van der Waals surface area (Å²) in [6.07, 6.45) is 0.211. The number of sulfonamides is 1. The summed E-state index contributed by atoms with van der Waals surface area (Å²) < 4.78 is 63.5. The van der Waals surface area contributed by atoms with Crippen LogP contribution in [0.3, 0.4) is 0 Å². The van der Waals surface area contributed by atoms with Gasteiger partial charge in [0.2, 0.25) is 10.0 Å². The van der Waals surface area contributed by atoms with Crippen LogP contribution in [0, 0.1) is 0 Å². The summed E-state index contributed by atoms with van der Waals surface area (Å²) in [5.41, 5.74) is -0.706. The molecule has 1 unspecified atom stereocenters. The Morgan fingerprint density at radius 1 is 1.32 bits per heavy atom. The molecule has 1 aromatic rings. The Morgan fingerprint density at radius 3 is 2.68 bits per heavy atom. The highest BCUT2D eigenvalue weighted by Gasteiger charge is 2.49. The second-order valence-electron chi connectivity index (χ2n) is 5.45. The Hall–Kier alpha value is -1.10. The molecule has 124 valence electrons. The lowest BCUT2D eigenvalue weighted by atomic mass is 9.99. The lowest BCUT2D eigenvalue weighted by molar-refractivity contribution is -0.0293. The van der Waals surface area contributed by atoms with Gasteiger partial charge in [-0.2, -0.15) is 9.40 Å². The Bertz CT molecular complexity index is 628. The Morgan fingerprint density at radius 2 is 2.05 bits per heavy atom. The predicted octanol–water partition coefficient (Wildman–Crippen LogP) is 0.328. The highest BCUT2D eigenvalue weighted by Crippen LogP contribution is 2.34. The lowest BCUT2D eigenvalue weighted by Crippen LogP contribution is -2.59. The second-order valence-corrected chi connectivity index (χ2v) is 7.31. The van der Waals surface area contributed by atoms with Gasteiger partial charge in [0.1, 0.15) is 11.4 Å². The van der Waals surface area contributed by atoms with Crippen LogP contribution in [0.15, 0.2) is 17.3 Å². The maximum absolute atomic E-state index is 12.8. The zero-order chi connectivity index (χ0) is 15.8. The molecule has 0 saturated carbocycles. The van der Waals surface area contributed by atoms with Gasteiger partial charge in [0.25, 0.3) is 6.43 Å². The molecule has 1 atom stereocenters. The molecule has 0 N–H and O–H groups in total. The van der Waals surface area contributed by atoms with E-state index in [0.717, 1.165) is 17.1 Å². The van der Waals surface area contributed by atoms with Gasteiger partial charge < -0.3 is 9.47 Å². The summed E-state index contributed by atoms with van der Waals surface area (Å²) >= 11 is 0. The maximum atomic E-state index is 12.8. The van der Waals surface area contributed by atoms with Crippen LogP contribution >= 0.6 is 0 Å². The topological polar surface area (TPSA) is 73.7 Å². The first-order valence-electron chi connectivity index (χ1n) is 6.93. The normalized spacial score (nSPS) is 27.0. The number of morpholine rings is 1. The maximum Gasteiger partial charge on any atom is 0.257 e. The zero-order valence-electron chi connectivity index (χ0n) is 11.8. The molecular weight excluding hydrogens is 320 g/mol. The third-order valence-corrected chi connectivity index (χ3v) is 5.90. The molecule has 2 aliphatic rings. The number of aromatic nitrogens is 2. The smallest absolute Gasteiger partial charge is 0.257 e. The molecule has 2 fully saturated rings. The van der Waals surface area contributed by atoms with E-state index in [4.69, 9.17) is 9.47 Å². The molecule has 22 heavy (non-hydrogen) atoms. The van der Waals surface area contributed by atoms with Gasteiger partial charge in [-0.05, 0) is 6.42 Å². The summed E-state index contributed by atoms with van der Waals surface area (Å²) in [4.78, 5) is -0.0821. The van der Waals surface area contributed by atoms with Crippen molar-refractivity contribution < 1.29 is 26.7 Å².